The third kappa shape index (κ3) is 3.16. The Balaban J connectivity index is 2.12. The van der Waals surface area contributed by atoms with E-state index in [1.54, 1.807) is 0 Å². The van der Waals surface area contributed by atoms with Crippen LogP contribution in [-0.4, -0.2) is 37.3 Å². The lowest BCUT2D eigenvalue weighted by molar-refractivity contribution is 0.201. The summed E-state index contributed by atoms with van der Waals surface area (Å²) in [5.74, 6) is 0. The zero-order chi connectivity index (χ0) is 8.10. The van der Waals surface area contributed by atoms with Crippen molar-refractivity contribution in [2.75, 3.05) is 26.3 Å². The van der Waals surface area contributed by atoms with E-state index in [9.17, 15) is 4.39 Å². The van der Waals surface area contributed by atoms with Gasteiger partial charge < -0.3 is 10.6 Å². The summed E-state index contributed by atoms with van der Waals surface area (Å²) < 4.78 is 11.8. The van der Waals surface area contributed by atoms with Crippen LogP contribution in [0.1, 0.15) is 19.3 Å². The fourth-order valence-corrected chi connectivity index (χ4v) is 1.58. The molecule has 0 radical (unpaired) electrons. The molecular formula is C8H17FN2. The SMILES string of the molecule is N[C@H]1CCCN(CCCF)C1. The summed E-state index contributed by atoms with van der Waals surface area (Å²) in [7, 11) is 0. The van der Waals surface area contributed by atoms with Crippen molar-refractivity contribution >= 4 is 0 Å². The highest BCUT2D eigenvalue weighted by Crippen LogP contribution is 2.07. The molecule has 1 aliphatic rings. The molecule has 0 bridgehead atoms. The molecule has 2 nitrogen and oxygen atoms in total. The van der Waals surface area contributed by atoms with Gasteiger partial charge in [0.15, 0.2) is 0 Å². The van der Waals surface area contributed by atoms with E-state index in [0.717, 1.165) is 26.1 Å². The molecular weight excluding hydrogens is 143 g/mol. The highest BCUT2D eigenvalue weighted by Gasteiger charge is 2.15. The second kappa shape index (κ2) is 4.67. The number of hydrogen-bond acceptors (Lipinski definition) is 2. The Kier molecular flexibility index (Phi) is 3.80. The lowest BCUT2D eigenvalue weighted by atomic mass is 10.1. The van der Waals surface area contributed by atoms with Gasteiger partial charge in [0.2, 0.25) is 0 Å². The van der Waals surface area contributed by atoms with Crippen molar-refractivity contribution in [2.24, 2.45) is 5.73 Å². The minimum Gasteiger partial charge on any atom is -0.327 e. The van der Waals surface area contributed by atoms with Crippen molar-refractivity contribution in [1.82, 2.24) is 4.90 Å². The average molecular weight is 160 g/mol. The lowest BCUT2D eigenvalue weighted by Crippen LogP contribution is -2.43. The molecule has 0 aromatic carbocycles. The van der Waals surface area contributed by atoms with Crippen LogP contribution >= 0.6 is 0 Å². The Morgan fingerprint density at radius 2 is 2.36 bits per heavy atom. The zero-order valence-corrected chi connectivity index (χ0v) is 6.93. The van der Waals surface area contributed by atoms with E-state index in [1.807, 2.05) is 0 Å². The third-order valence-corrected chi connectivity index (χ3v) is 2.15. The number of nitrogens with two attached hydrogens (primary N) is 1. The Morgan fingerprint density at radius 1 is 1.55 bits per heavy atom. The van der Waals surface area contributed by atoms with E-state index < -0.39 is 0 Å². The molecule has 1 aliphatic heterocycles. The van der Waals surface area contributed by atoms with Gasteiger partial charge >= 0.3 is 0 Å². The molecule has 1 rings (SSSR count). The number of halogens is 1. The molecule has 11 heavy (non-hydrogen) atoms. The predicted octanol–water partition coefficient (Wildman–Crippen LogP) is 0.769. The van der Waals surface area contributed by atoms with Crippen LogP contribution in [0.5, 0.6) is 0 Å². The standard InChI is InChI=1S/C8H17FN2/c9-4-2-6-11-5-1-3-8(10)7-11/h8H,1-7,10H2/t8-/m0/s1. The molecule has 0 aromatic heterocycles. The molecule has 1 heterocycles. The van der Waals surface area contributed by atoms with Gasteiger partial charge in [-0.05, 0) is 25.8 Å². The van der Waals surface area contributed by atoms with Crippen molar-refractivity contribution in [3.05, 3.63) is 0 Å². The first-order valence-corrected chi connectivity index (χ1v) is 4.37. The van der Waals surface area contributed by atoms with E-state index in [2.05, 4.69) is 4.90 Å². The zero-order valence-electron chi connectivity index (χ0n) is 6.93. The number of alkyl halides is 1. The van der Waals surface area contributed by atoms with Gasteiger partial charge in [0.25, 0.3) is 0 Å². The summed E-state index contributed by atoms with van der Waals surface area (Å²) in [5, 5.41) is 0. The van der Waals surface area contributed by atoms with E-state index in [0.29, 0.717) is 12.5 Å². The maximum atomic E-state index is 11.8. The number of rotatable bonds is 3. The first kappa shape index (κ1) is 8.94. The second-order valence-corrected chi connectivity index (χ2v) is 3.25. The first-order valence-electron chi connectivity index (χ1n) is 4.37. The predicted molar refractivity (Wildman–Crippen MR) is 44.2 cm³/mol. The van der Waals surface area contributed by atoms with Gasteiger partial charge in [-0.15, -0.1) is 0 Å². The van der Waals surface area contributed by atoms with Gasteiger partial charge in [-0.25, -0.2) is 0 Å². The molecule has 66 valence electrons. The minimum atomic E-state index is -0.203. The normalized spacial score (nSPS) is 27.3. The number of hydrogen-bond donors (Lipinski definition) is 1. The van der Waals surface area contributed by atoms with Crippen LogP contribution < -0.4 is 5.73 Å². The summed E-state index contributed by atoms with van der Waals surface area (Å²) >= 11 is 0. The van der Waals surface area contributed by atoms with Crippen molar-refractivity contribution in [3.63, 3.8) is 0 Å². The van der Waals surface area contributed by atoms with Gasteiger partial charge in [-0.1, -0.05) is 0 Å². The highest BCUT2D eigenvalue weighted by atomic mass is 19.1. The van der Waals surface area contributed by atoms with Crippen molar-refractivity contribution in [3.8, 4) is 0 Å². The average Bonchev–Trinajstić information content (AvgIpc) is 2.01. The lowest BCUT2D eigenvalue weighted by Gasteiger charge is -2.30. The number of piperidine rings is 1. The largest absolute Gasteiger partial charge is 0.327 e. The maximum absolute atomic E-state index is 11.8. The summed E-state index contributed by atoms with van der Waals surface area (Å²) in [4.78, 5) is 2.26. The van der Waals surface area contributed by atoms with Gasteiger partial charge in [-0.2, -0.15) is 0 Å². The summed E-state index contributed by atoms with van der Waals surface area (Å²) in [6.07, 6.45) is 2.96. The van der Waals surface area contributed by atoms with E-state index in [1.165, 1.54) is 6.42 Å². The Morgan fingerprint density at radius 3 is 3.00 bits per heavy atom. The molecule has 1 atom stereocenters. The second-order valence-electron chi connectivity index (χ2n) is 3.25. The molecule has 3 heteroatoms. The van der Waals surface area contributed by atoms with Gasteiger partial charge in [0.1, 0.15) is 0 Å². The fraction of sp³-hybridized carbons (Fsp3) is 1.00. The molecule has 0 amide bonds. The molecule has 0 saturated carbocycles. The van der Waals surface area contributed by atoms with Crippen LogP contribution in [0.25, 0.3) is 0 Å². The van der Waals surface area contributed by atoms with Crippen molar-refractivity contribution in [2.45, 2.75) is 25.3 Å². The van der Waals surface area contributed by atoms with Crippen LogP contribution in [-0.2, 0) is 0 Å². The van der Waals surface area contributed by atoms with Crippen LogP contribution in [0.4, 0.5) is 4.39 Å². The summed E-state index contributed by atoms with van der Waals surface area (Å²) in [5.41, 5.74) is 5.76. The topological polar surface area (TPSA) is 29.3 Å². The van der Waals surface area contributed by atoms with Gasteiger partial charge in [0, 0.05) is 19.1 Å². The van der Waals surface area contributed by atoms with E-state index in [-0.39, 0.29) is 6.67 Å². The highest BCUT2D eigenvalue weighted by molar-refractivity contribution is 4.74. The van der Waals surface area contributed by atoms with Crippen LogP contribution in [0, 0.1) is 0 Å². The smallest absolute Gasteiger partial charge is 0.0906 e. The molecule has 1 fully saturated rings. The van der Waals surface area contributed by atoms with Crippen LogP contribution in [0.15, 0.2) is 0 Å². The first-order chi connectivity index (χ1) is 5.33. The monoisotopic (exact) mass is 160 g/mol. The minimum absolute atomic E-state index is 0.203. The molecule has 0 aromatic rings. The Labute approximate surface area is 67.6 Å². The van der Waals surface area contributed by atoms with Crippen LogP contribution in [0.2, 0.25) is 0 Å². The third-order valence-electron chi connectivity index (χ3n) is 2.15. The molecule has 0 spiro atoms. The quantitative estimate of drug-likeness (QED) is 0.660. The summed E-state index contributed by atoms with van der Waals surface area (Å²) in [6, 6.07) is 0.323. The van der Waals surface area contributed by atoms with Crippen molar-refractivity contribution < 1.29 is 4.39 Å². The fourth-order valence-electron chi connectivity index (χ4n) is 1.58. The molecule has 2 N–H and O–H groups in total. The van der Waals surface area contributed by atoms with Crippen LogP contribution in [0.3, 0.4) is 0 Å². The maximum Gasteiger partial charge on any atom is 0.0906 e. The Hall–Kier alpha value is -0.150. The van der Waals surface area contributed by atoms with E-state index in [4.69, 9.17) is 5.73 Å². The number of nitrogens with zero attached hydrogens (tertiary/aromatic N) is 1. The van der Waals surface area contributed by atoms with E-state index >= 15 is 0 Å². The van der Waals surface area contributed by atoms with Gasteiger partial charge in [-0.3, -0.25) is 4.39 Å². The van der Waals surface area contributed by atoms with Gasteiger partial charge in [0.05, 0.1) is 6.67 Å². The Bertz CT molecular complexity index is 108. The molecule has 0 aliphatic carbocycles. The number of likely N-dealkylation sites (tertiary alicyclic amines) is 1. The summed E-state index contributed by atoms with van der Waals surface area (Å²) in [6.45, 7) is 2.74. The van der Waals surface area contributed by atoms with Crippen molar-refractivity contribution in [1.29, 1.82) is 0 Å². The molecule has 0 unspecified atom stereocenters. The molecule has 1 saturated heterocycles.